The minimum Gasteiger partial charge on any atom is -0.402 e. The van der Waals surface area contributed by atoms with Crippen molar-refractivity contribution in [3.63, 3.8) is 0 Å². The predicted molar refractivity (Wildman–Crippen MR) is 44.6 cm³/mol. The molecule has 0 amide bonds. The summed E-state index contributed by atoms with van der Waals surface area (Å²) in [6.45, 7) is 4.94. The molecule has 0 spiro atoms. The van der Waals surface area contributed by atoms with Crippen LogP contribution in [0.3, 0.4) is 0 Å². The number of rotatable bonds is 0. The van der Waals surface area contributed by atoms with Crippen LogP contribution in [0.1, 0.15) is 13.8 Å². The molecule has 3 nitrogen and oxygen atoms in total. The van der Waals surface area contributed by atoms with Gasteiger partial charge in [-0.1, -0.05) is 0 Å². The van der Waals surface area contributed by atoms with E-state index in [9.17, 15) is 0 Å². The van der Waals surface area contributed by atoms with Crippen molar-refractivity contribution in [2.75, 3.05) is 13.2 Å². The van der Waals surface area contributed by atoms with Gasteiger partial charge in [0.05, 0.1) is 13.2 Å². The van der Waals surface area contributed by atoms with Crippen LogP contribution in [0.5, 0.6) is 0 Å². The molecule has 0 atom stereocenters. The molecular formula is C8H14N2O. The fourth-order valence-corrected chi connectivity index (χ4v) is 1.13. The smallest absolute Gasteiger partial charge is 0.0742 e. The molecule has 0 aromatic rings. The Morgan fingerprint density at radius 1 is 1.09 bits per heavy atom. The van der Waals surface area contributed by atoms with Crippen molar-refractivity contribution in [1.29, 1.82) is 0 Å². The molecule has 1 fully saturated rings. The molecule has 1 rings (SSSR count). The summed E-state index contributed by atoms with van der Waals surface area (Å²) in [5, 5.41) is 0. The summed E-state index contributed by atoms with van der Waals surface area (Å²) in [7, 11) is 0. The van der Waals surface area contributed by atoms with Gasteiger partial charge in [0.1, 0.15) is 0 Å². The van der Waals surface area contributed by atoms with E-state index in [0.29, 0.717) is 13.2 Å². The van der Waals surface area contributed by atoms with Crippen molar-refractivity contribution in [1.82, 2.24) is 0 Å². The van der Waals surface area contributed by atoms with Gasteiger partial charge in [-0.15, -0.1) is 0 Å². The first-order chi connectivity index (χ1) is 5.13. The van der Waals surface area contributed by atoms with Crippen LogP contribution in [0.25, 0.3) is 0 Å². The maximum atomic E-state index is 5.64. The molecule has 0 radical (unpaired) electrons. The Morgan fingerprint density at radius 3 is 1.73 bits per heavy atom. The van der Waals surface area contributed by atoms with Gasteiger partial charge in [-0.3, -0.25) is 0 Å². The van der Waals surface area contributed by atoms with E-state index < -0.39 is 0 Å². The fraction of sp³-hybridized carbons (Fsp3) is 0.500. The van der Waals surface area contributed by atoms with Gasteiger partial charge in [-0.25, -0.2) is 0 Å². The number of allylic oxidation sites excluding steroid dienone is 2. The van der Waals surface area contributed by atoms with E-state index in [-0.39, 0.29) is 0 Å². The number of ether oxygens (including phenoxy) is 1. The summed E-state index contributed by atoms with van der Waals surface area (Å²) >= 11 is 0. The topological polar surface area (TPSA) is 61.3 Å². The molecular weight excluding hydrogens is 140 g/mol. The SMILES string of the molecule is C/C(N)=C1\COC\C1=C(/C)N. The van der Waals surface area contributed by atoms with Crippen molar-refractivity contribution in [3.05, 3.63) is 22.5 Å². The first-order valence-electron chi connectivity index (χ1n) is 3.61. The summed E-state index contributed by atoms with van der Waals surface area (Å²) in [5.41, 5.74) is 15.0. The highest BCUT2D eigenvalue weighted by atomic mass is 16.5. The Hall–Kier alpha value is -0.960. The third-order valence-corrected chi connectivity index (χ3v) is 1.81. The zero-order valence-corrected chi connectivity index (χ0v) is 6.98. The van der Waals surface area contributed by atoms with Crippen molar-refractivity contribution in [2.24, 2.45) is 11.5 Å². The summed E-state index contributed by atoms with van der Waals surface area (Å²) < 4.78 is 5.22. The maximum Gasteiger partial charge on any atom is 0.0742 e. The Labute approximate surface area is 66.7 Å². The van der Waals surface area contributed by atoms with Crippen LogP contribution in [-0.4, -0.2) is 13.2 Å². The van der Waals surface area contributed by atoms with Crippen molar-refractivity contribution in [3.8, 4) is 0 Å². The second-order valence-electron chi connectivity index (χ2n) is 2.82. The van der Waals surface area contributed by atoms with Gasteiger partial charge in [-0.05, 0) is 13.8 Å². The normalized spacial score (nSPS) is 27.1. The summed E-state index contributed by atoms with van der Waals surface area (Å²) in [6, 6.07) is 0. The lowest BCUT2D eigenvalue weighted by molar-refractivity contribution is 0.214. The van der Waals surface area contributed by atoms with Crippen LogP contribution in [0.4, 0.5) is 0 Å². The average Bonchev–Trinajstić information content (AvgIpc) is 2.32. The minimum atomic E-state index is 0.603. The van der Waals surface area contributed by atoms with Crippen molar-refractivity contribution in [2.45, 2.75) is 13.8 Å². The zero-order valence-electron chi connectivity index (χ0n) is 6.98. The van der Waals surface area contributed by atoms with Crippen LogP contribution >= 0.6 is 0 Å². The van der Waals surface area contributed by atoms with E-state index in [4.69, 9.17) is 16.2 Å². The van der Waals surface area contributed by atoms with Crippen LogP contribution in [0, 0.1) is 0 Å². The summed E-state index contributed by atoms with van der Waals surface area (Å²) in [4.78, 5) is 0. The number of hydrogen-bond acceptors (Lipinski definition) is 3. The molecule has 62 valence electrons. The average molecular weight is 154 g/mol. The monoisotopic (exact) mass is 154 g/mol. The molecule has 0 aliphatic carbocycles. The largest absolute Gasteiger partial charge is 0.402 e. The van der Waals surface area contributed by atoms with Crippen LogP contribution in [0.2, 0.25) is 0 Å². The standard InChI is InChI=1S/C8H14N2O/c1-5(9)7-3-11-4-8(7)6(2)10/h3-4,9-10H2,1-2H3/b7-5-,8-6-. The van der Waals surface area contributed by atoms with Gasteiger partial charge < -0.3 is 16.2 Å². The lowest BCUT2D eigenvalue weighted by Gasteiger charge is -2.02. The summed E-state index contributed by atoms with van der Waals surface area (Å²) in [6.07, 6.45) is 0. The zero-order chi connectivity index (χ0) is 8.43. The minimum absolute atomic E-state index is 0.603. The van der Waals surface area contributed by atoms with E-state index in [1.54, 1.807) is 0 Å². The van der Waals surface area contributed by atoms with Gasteiger partial charge in [0.15, 0.2) is 0 Å². The van der Waals surface area contributed by atoms with Gasteiger partial charge in [-0.2, -0.15) is 0 Å². The predicted octanol–water partition coefficient (Wildman–Crippen LogP) is 0.482. The molecule has 0 aromatic heterocycles. The Balaban J connectivity index is 3.01. The quantitative estimate of drug-likeness (QED) is 0.533. The highest BCUT2D eigenvalue weighted by molar-refractivity contribution is 5.39. The third-order valence-electron chi connectivity index (χ3n) is 1.81. The molecule has 1 heterocycles. The van der Waals surface area contributed by atoms with Crippen LogP contribution in [0.15, 0.2) is 22.5 Å². The molecule has 0 unspecified atom stereocenters. The maximum absolute atomic E-state index is 5.64. The first-order valence-corrected chi connectivity index (χ1v) is 3.61. The third kappa shape index (κ3) is 1.54. The second-order valence-corrected chi connectivity index (χ2v) is 2.82. The van der Waals surface area contributed by atoms with Gasteiger partial charge in [0, 0.05) is 22.5 Å². The first kappa shape index (κ1) is 8.14. The van der Waals surface area contributed by atoms with E-state index >= 15 is 0 Å². The van der Waals surface area contributed by atoms with Crippen LogP contribution < -0.4 is 11.5 Å². The molecule has 11 heavy (non-hydrogen) atoms. The fourth-order valence-electron chi connectivity index (χ4n) is 1.13. The Bertz CT molecular complexity index is 196. The highest BCUT2D eigenvalue weighted by Gasteiger charge is 2.17. The second kappa shape index (κ2) is 2.96. The molecule has 4 N–H and O–H groups in total. The number of nitrogens with two attached hydrogens (primary N) is 2. The molecule has 3 heteroatoms. The molecule has 1 saturated heterocycles. The Morgan fingerprint density at radius 2 is 1.45 bits per heavy atom. The molecule has 0 saturated carbocycles. The molecule has 0 bridgehead atoms. The van der Waals surface area contributed by atoms with Gasteiger partial charge in [0.2, 0.25) is 0 Å². The van der Waals surface area contributed by atoms with Crippen molar-refractivity contribution >= 4 is 0 Å². The molecule has 1 aliphatic rings. The van der Waals surface area contributed by atoms with Crippen LogP contribution in [-0.2, 0) is 4.74 Å². The van der Waals surface area contributed by atoms with E-state index in [2.05, 4.69) is 0 Å². The highest BCUT2D eigenvalue weighted by Crippen LogP contribution is 2.21. The Kier molecular flexibility index (Phi) is 2.19. The molecule has 1 aliphatic heterocycles. The molecule has 0 aromatic carbocycles. The van der Waals surface area contributed by atoms with Gasteiger partial charge >= 0.3 is 0 Å². The van der Waals surface area contributed by atoms with Gasteiger partial charge in [0.25, 0.3) is 0 Å². The van der Waals surface area contributed by atoms with E-state index in [0.717, 1.165) is 22.5 Å². The van der Waals surface area contributed by atoms with E-state index in [1.165, 1.54) is 0 Å². The summed E-state index contributed by atoms with van der Waals surface area (Å²) in [5.74, 6) is 0. The lowest BCUT2D eigenvalue weighted by atomic mass is 10.1. The van der Waals surface area contributed by atoms with E-state index in [1.807, 2.05) is 13.8 Å². The number of hydrogen-bond donors (Lipinski definition) is 2. The lowest BCUT2D eigenvalue weighted by Crippen LogP contribution is -2.04. The van der Waals surface area contributed by atoms with Crippen molar-refractivity contribution < 1.29 is 4.74 Å².